The second kappa shape index (κ2) is 56.1. The number of carbonyl (C=O) groups is 20. The number of aliphatic hydroxyl groups excluding tert-OH is 1. The van der Waals surface area contributed by atoms with Gasteiger partial charge in [0.2, 0.25) is 106 Å². The first-order valence-electron chi connectivity index (χ1n) is 42.4. The summed E-state index contributed by atoms with van der Waals surface area (Å²) in [4.78, 5) is 277. The van der Waals surface area contributed by atoms with Crippen LogP contribution in [0, 0.1) is 41.4 Å². The van der Waals surface area contributed by atoms with Gasteiger partial charge in [-0.05, 0) is 113 Å². The van der Waals surface area contributed by atoms with Gasteiger partial charge in [0.15, 0.2) is 0 Å². The summed E-state index contributed by atoms with van der Waals surface area (Å²) in [5, 5.41) is 55.5. The van der Waals surface area contributed by atoms with Crippen LogP contribution in [0.2, 0.25) is 0 Å². The van der Waals surface area contributed by atoms with Crippen molar-refractivity contribution < 1.29 is 111 Å². The van der Waals surface area contributed by atoms with Gasteiger partial charge in [-0.1, -0.05) is 142 Å². The number of carbonyl (C=O) groups excluding carboxylic acids is 19. The van der Waals surface area contributed by atoms with Crippen LogP contribution >= 0.6 is 0 Å². The summed E-state index contributed by atoms with van der Waals surface area (Å²) in [5.74, 6) is -24.8. The molecule has 0 spiro atoms. The third-order valence-electron chi connectivity index (χ3n) is 20.0. The molecule has 692 valence electrons. The molecule has 0 radical (unpaired) electrons. The number of carboxylic acid groups (broad SMARTS) is 1. The number of amides is 18. The molecule has 41 heteroatoms. The summed E-state index contributed by atoms with van der Waals surface area (Å²) in [7, 11) is 0. The molecule has 16 atom stereocenters. The molecule has 1 heterocycles. The number of rotatable bonds is 48. The molecule has 1 aliphatic rings. The maximum atomic E-state index is 15.0. The Kier molecular flexibility index (Phi) is 50.3. The lowest BCUT2D eigenvalue weighted by Crippen LogP contribution is -2.62. The zero-order valence-corrected chi connectivity index (χ0v) is 73.7. The number of cyclic esters (lactones) is 1. The number of carboxylic acids is 1. The van der Waals surface area contributed by atoms with Crippen molar-refractivity contribution in [1.29, 1.82) is 0 Å². The molecule has 0 aromatic rings. The van der Waals surface area contributed by atoms with Crippen LogP contribution in [0.1, 0.15) is 252 Å². The van der Waals surface area contributed by atoms with E-state index in [-0.39, 0.29) is 62.2 Å². The van der Waals surface area contributed by atoms with Crippen LogP contribution in [0.15, 0.2) is 0 Å². The fourth-order valence-electron chi connectivity index (χ4n) is 12.9. The number of nitrogens with two attached hydrogens (primary N) is 4. The number of aliphatic hydroxyl groups is 1. The Morgan fingerprint density at radius 1 is 0.418 bits per heavy atom. The minimum atomic E-state index is -2.11. The molecule has 0 unspecified atom stereocenters. The molecule has 1 saturated heterocycles. The van der Waals surface area contributed by atoms with Crippen molar-refractivity contribution >= 4 is 118 Å². The van der Waals surface area contributed by atoms with Gasteiger partial charge in [0.25, 0.3) is 0 Å². The van der Waals surface area contributed by atoms with Crippen molar-refractivity contribution in [2.45, 2.75) is 343 Å². The maximum Gasteiger partial charge on any atom is 0.329 e. The van der Waals surface area contributed by atoms with Crippen LogP contribution in [0.5, 0.6) is 0 Å². The fraction of sp³-hybridized carbons (Fsp3) is 0.753. The molecule has 18 amide bonds. The summed E-state index contributed by atoms with van der Waals surface area (Å²) >= 11 is 0. The maximum absolute atomic E-state index is 15.0. The quantitative estimate of drug-likeness (QED) is 0.0230. The minimum absolute atomic E-state index is 0.0347. The summed E-state index contributed by atoms with van der Waals surface area (Å²) in [6.45, 7) is 24.9. The molecule has 122 heavy (non-hydrogen) atoms. The second-order valence-corrected chi connectivity index (χ2v) is 33.9. The van der Waals surface area contributed by atoms with E-state index in [9.17, 15) is 101 Å². The second-order valence-electron chi connectivity index (χ2n) is 33.9. The molecule has 41 nitrogen and oxygen atoms in total. The Bertz CT molecular complexity index is 3560. The summed E-state index contributed by atoms with van der Waals surface area (Å²) in [6.07, 6.45) is -2.08. The van der Waals surface area contributed by atoms with E-state index in [2.05, 4.69) is 81.4 Å². The van der Waals surface area contributed by atoms with Crippen molar-refractivity contribution in [3.8, 4) is 0 Å². The molecule has 0 aliphatic carbocycles. The molecular weight excluding hydrogens is 1590 g/mol. The van der Waals surface area contributed by atoms with Crippen LogP contribution in [0.3, 0.4) is 0 Å². The van der Waals surface area contributed by atoms with Gasteiger partial charge in [0.05, 0.1) is 12.5 Å². The third-order valence-corrected chi connectivity index (χ3v) is 20.0. The Balaban J connectivity index is 4.11. The number of hydrogen-bond donors (Lipinski definition) is 20. The highest BCUT2D eigenvalue weighted by Gasteiger charge is 2.41. The van der Waals surface area contributed by atoms with Crippen LogP contribution < -0.4 is 97.4 Å². The molecule has 1 rings (SSSR count). The first kappa shape index (κ1) is 109. The minimum Gasteiger partial charge on any atom is -0.481 e. The van der Waals surface area contributed by atoms with Gasteiger partial charge >= 0.3 is 11.9 Å². The SMILES string of the molecule is CCCCCCC[C@@H](O)CC(=O)N[C@@H](CC(C)C)C(=O)N[C@H](CCC(=O)O)C(=O)N[C@H](CCC(N)=O)C(=O)N[C@@H](C(=O)N[C@H](C)C(=O)N[C@@H](CCC(N)=O)C(=O)N[C@@H]1COC(=O)[C@H]([C@@H](C)CC)NC(=O)[C@@H](CCC(N)=O)NC(=O)[C@H](CC(C)C)NC(=O)[C@H](CC(C)C)NC(=O)[C@@H](CCC(N)=O)NC(=O)[C@@H](CC(C)C)NC(=O)[C@@H](C(C)C)NC1=O)C(C)C. The third kappa shape index (κ3) is 43.2. The van der Waals surface area contributed by atoms with Crippen LogP contribution in [-0.4, -0.2) is 226 Å². The normalized spacial score (nSPS) is 20.8. The predicted octanol–water partition coefficient (Wildman–Crippen LogP) is -2.07. The number of esters is 1. The number of aliphatic carboxylic acids is 1. The predicted molar refractivity (Wildman–Crippen MR) is 445 cm³/mol. The van der Waals surface area contributed by atoms with Crippen molar-refractivity contribution in [2.24, 2.45) is 64.4 Å². The summed E-state index contributed by atoms with van der Waals surface area (Å²) in [5.41, 5.74) is 22.1. The number of ether oxygens (including phenoxy) is 1. The Morgan fingerprint density at radius 2 is 0.820 bits per heavy atom. The molecular formula is C81H140N18O23. The van der Waals surface area contributed by atoms with E-state index >= 15 is 4.79 Å². The highest BCUT2D eigenvalue weighted by molar-refractivity contribution is 6.01. The standard InChI is InChI=1S/C81H140N18O23/c1-17-19-20-21-22-23-48(100)38-63(105)87-54(34-40(3)4)74(114)92-53(28-33-64(106)107)69(109)89-51(26-31-61(84)103)72(112)97-65(44(11)12)79(119)86-47(16)68(108)88-49(24-29-59(82)101)71(111)96-58-39-122-81(121)67(46(15)18-2)99-73(113)52(27-32-62(85)104)91-75(115)55(35-41(5)6)94-77(117)56(36-42(7)8)93-70(110)50(25-30-60(83)102)90-76(116)57(37-43(9)10)95-80(120)66(45(13)14)98-78(58)118/h40-58,65-67,100H,17-39H2,1-16H3,(H2,82,101)(H2,83,102)(H2,84,103)(H2,85,104)(H,86,119)(H,87,105)(H,88,108)(H,89,109)(H,90,116)(H,91,115)(H,92,114)(H,93,110)(H,94,117)(H,95,120)(H,96,111)(H,97,112)(H,98,118)(H,99,113)(H,106,107)/t46-,47+,48+,49-,50+,51+,52+,53+,54-,55-,56-,57+,58+,65+,66+,67-/m0/s1. The fourth-order valence-corrected chi connectivity index (χ4v) is 12.9. The number of unbranched alkanes of at least 4 members (excludes halogenated alkanes) is 4. The average Bonchev–Trinajstić information content (AvgIpc) is 0.973. The lowest BCUT2D eigenvalue weighted by molar-refractivity contribution is -0.152. The highest BCUT2D eigenvalue weighted by Crippen LogP contribution is 2.19. The van der Waals surface area contributed by atoms with Gasteiger partial charge in [0, 0.05) is 32.1 Å². The van der Waals surface area contributed by atoms with E-state index in [0.29, 0.717) is 12.8 Å². The topological polar surface area (TPSA) is 664 Å². The molecule has 0 bridgehead atoms. The van der Waals surface area contributed by atoms with Crippen molar-refractivity contribution in [1.82, 2.24) is 74.4 Å². The van der Waals surface area contributed by atoms with Crippen molar-refractivity contribution in [3.63, 3.8) is 0 Å². The summed E-state index contributed by atoms with van der Waals surface area (Å²) < 4.78 is 5.75. The van der Waals surface area contributed by atoms with Gasteiger partial charge in [-0.3, -0.25) is 91.1 Å². The lowest BCUT2D eigenvalue weighted by Gasteiger charge is -2.30. The van der Waals surface area contributed by atoms with Crippen molar-refractivity contribution in [2.75, 3.05) is 6.61 Å². The smallest absolute Gasteiger partial charge is 0.329 e. The van der Waals surface area contributed by atoms with E-state index < -0.39 is 298 Å². The van der Waals surface area contributed by atoms with Crippen molar-refractivity contribution in [3.05, 3.63) is 0 Å². The van der Waals surface area contributed by atoms with E-state index in [4.69, 9.17) is 27.7 Å². The van der Waals surface area contributed by atoms with Gasteiger partial charge in [-0.2, -0.15) is 0 Å². The van der Waals surface area contributed by atoms with Gasteiger partial charge in [0.1, 0.15) is 91.2 Å². The average molecular weight is 1730 g/mol. The van der Waals surface area contributed by atoms with Gasteiger partial charge < -0.3 is 112 Å². The first-order valence-corrected chi connectivity index (χ1v) is 42.4. The Hall–Kier alpha value is -10.6. The molecule has 1 aliphatic heterocycles. The van der Waals surface area contributed by atoms with E-state index in [1.165, 1.54) is 34.6 Å². The van der Waals surface area contributed by atoms with Crippen LogP contribution in [0.25, 0.3) is 0 Å². The number of primary amides is 4. The molecule has 24 N–H and O–H groups in total. The van der Waals surface area contributed by atoms with E-state index in [1.54, 1.807) is 62.3 Å². The molecule has 0 saturated carbocycles. The zero-order chi connectivity index (χ0) is 93.1. The monoisotopic (exact) mass is 1730 g/mol. The molecule has 0 aromatic heterocycles. The Morgan fingerprint density at radius 3 is 1.25 bits per heavy atom. The van der Waals surface area contributed by atoms with Crippen LogP contribution in [-0.2, 0) is 101 Å². The first-order chi connectivity index (χ1) is 56.9. The highest BCUT2D eigenvalue weighted by atomic mass is 16.5. The molecule has 1 fully saturated rings. The zero-order valence-electron chi connectivity index (χ0n) is 73.7. The lowest BCUT2D eigenvalue weighted by atomic mass is 9.97. The number of nitrogens with one attached hydrogen (secondary N) is 14. The number of hydrogen-bond acceptors (Lipinski definition) is 22. The van der Waals surface area contributed by atoms with Gasteiger partial charge in [-0.25, -0.2) is 4.79 Å². The molecule has 0 aromatic carbocycles. The van der Waals surface area contributed by atoms with E-state index in [0.717, 1.165) is 32.6 Å². The van der Waals surface area contributed by atoms with Crippen LogP contribution in [0.4, 0.5) is 0 Å². The Labute approximate surface area is 714 Å². The summed E-state index contributed by atoms with van der Waals surface area (Å²) in [6, 6.07) is -22.9. The largest absolute Gasteiger partial charge is 0.481 e. The van der Waals surface area contributed by atoms with E-state index in [1.807, 2.05) is 0 Å². The van der Waals surface area contributed by atoms with Gasteiger partial charge in [-0.15, -0.1) is 0 Å².